The lowest BCUT2D eigenvalue weighted by Crippen LogP contribution is -2.40. The van der Waals surface area contributed by atoms with Crippen LogP contribution in [0.15, 0.2) is 66.7 Å². The van der Waals surface area contributed by atoms with E-state index in [1.807, 2.05) is 66.7 Å². The Morgan fingerprint density at radius 2 is 1.78 bits per heavy atom. The summed E-state index contributed by atoms with van der Waals surface area (Å²) in [5, 5.41) is 2.19. The van der Waals surface area contributed by atoms with Crippen LogP contribution in [-0.4, -0.2) is 25.0 Å². The molecular formula is C22H19NO4. The number of para-hydroxylation sites is 2. The molecule has 0 saturated carbocycles. The Morgan fingerprint density at radius 3 is 2.70 bits per heavy atom. The maximum atomic E-state index is 12.2. The molecule has 0 N–H and O–H groups in total. The Labute approximate surface area is 157 Å². The van der Waals surface area contributed by atoms with Gasteiger partial charge >= 0.3 is 5.97 Å². The highest BCUT2D eigenvalue weighted by Gasteiger charge is 2.25. The van der Waals surface area contributed by atoms with E-state index in [2.05, 4.69) is 0 Å². The molecule has 4 rings (SSSR count). The van der Waals surface area contributed by atoms with Crippen LogP contribution in [0.4, 0.5) is 5.69 Å². The fraction of sp³-hybridized carbons (Fsp3) is 0.182. The van der Waals surface area contributed by atoms with Crippen LogP contribution in [0.25, 0.3) is 10.8 Å². The van der Waals surface area contributed by atoms with Gasteiger partial charge in [-0.25, -0.2) is 0 Å². The van der Waals surface area contributed by atoms with Gasteiger partial charge < -0.3 is 14.4 Å². The second-order valence-corrected chi connectivity index (χ2v) is 6.35. The van der Waals surface area contributed by atoms with Crippen LogP contribution in [0, 0.1) is 0 Å². The minimum absolute atomic E-state index is 0.0118. The van der Waals surface area contributed by atoms with Crippen molar-refractivity contribution in [2.24, 2.45) is 0 Å². The van der Waals surface area contributed by atoms with Gasteiger partial charge in [0.05, 0.1) is 12.1 Å². The van der Waals surface area contributed by atoms with Gasteiger partial charge in [-0.2, -0.15) is 0 Å². The number of ether oxygens (including phenoxy) is 2. The zero-order chi connectivity index (χ0) is 18.6. The smallest absolute Gasteiger partial charge is 0.307 e. The second kappa shape index (κ2) is 7.50. The molecular weight excluding hydrogens is 342 g/mol. The van der Waals surface area contributed by atoms with Gasteiger partial charge in [0, 0.05) is 6.54 Å². The van der Waals surface area contributed by atoms with Gasteiger partial charge in [-0.05, 0) is 28.5 Å². The van der Waals surface area contributed by atoms with Gasteiger partial charge in [-0.15, -0.1) is 0 Å². The van der Waals surface area contributed by atoms with Crippen LogP contribution in [0.1, 0.15) is 12.0 Å². The van der Waals surface area contributed by atoms with Crippen molar-refractivity contribution in [3.8, 4) is 5.75 Å². The first-order valence-electron chi connectivity index (χ1n) is 8.87. The summed E-state index contributed by atoms with van der Waals surface area (Å²) < 4.78 is 10.9. The molecule has 27 heavy (non-hydrogen) atoms. The zero-order valence-corrected chi connectivity index (χ0v) is 14.8. The molecule has 0 spiro atoms. The Bertz CT molecular complexity index is 993. The normalized spacial score (nSPS) is 13.2. The van der Waals surface area contributed by atoms with Crippen molar-refractivity contribution < 1.29 is 19.1 Å². The van der Waals surface area contributed by atoms with Crippen molar-refractivity contribution in [3.05, 3.63) is 72.3 Å². The molecule has 5 heteroatoms. The quantitative estimate of drug-likeness (QED) is 0.650. The molecule has 0 unspecified atom stereocenters. The van der Waals surface area contributed by atoms with Gasteiger partial charge in [0.25, 0.3) is 5.91 Å². The molecule has 0 radical (unpaired) electrons. The number of benzene rings is 3. The van der Waals surface area contributed by atoms with E-state index < -0.39 is 0 Å². The lowest BCUT2D eigenvalue weighted by Gasteiger charge is -2.28. The molecule has 1 amide bonds. The van der Waals surface area contributed by atoms with Crippen LogP contribution in [-0.2, 0) is 20.9 Å². The molecule has 0 fully saturated rings. The van der Waals surface area contributed by atoms with Crippen LogP contribution < -0.4 is 9.64 Å². The van der Waals surface area contributed by atoms with Gasteiger partial charge in [0.1, 0.15) is 12.4 Å². The van der Waals surface area contributed by atoms with E-state index >= 15 is 0 Å². The topological polar surface area (TPSA) is 55.8 Å². The van der Waals surface area contributed by atoms with Crippen LogP contribution in [0.3, 0.4) is 0 Å². The van der Waals surface area contributed by atoms with Crippen molar-refractivity contribution in [2.75, 3.05) is 18.1 Å². The molecule has 0 saturated heterocycles. The summed E-state index contributed by atoms with van der Waals surface area (Å²) in [5.74, 6) is 0.163. The predicted molar refractivity (Wildman–Crippen MR) is 103 cm³/mol. The summed E-state index contributed by atoms with van der Waals surface area (Å²) >= 11 is 0. The van der Waals surface area contributed by atoms with E-state index in [9.17, 15) is 9.59 Å². The summed E-state index contributed by atoms with van der Waals surface area (Å²) in [4.78, 5) is 25.9. The Morgan fingerprint density at radius 1 is 1.00 bits per heavy atom. The minimum Gasteiger partial charge on any atom is -0.482 e. The molecule has 5 nitrogen and oxygen atoms in total. The average Bonchev–Trinajstić information content (AvgIpc) is 2.71. The fourth-order valence-electron chi connectivity index (χ4n) is 3.25. The molecule has 1 aliphatic rings. The molecule has 1 heterocycles. The van der Waals surface area contributed by atoms with Crippen molar-refractivity contribution in [3.63, 3.8) is 0 Å². The molecule has 0 aliphatic carbocycles. The number of fused-ring (bicyclic) bond motifs is 2. The number of anilines is 1. The SMILES string of the molecule is O=C(CCN1C(=O)COc2ccccc21)OCc1cccc2ccccc12. The lowest BCUT2D eigenvalue weighted by molar-refractivity contribution is -0.144. The number of carbonyl (C=O) groups is 2. The zero-order valence-electron chi connectivity index (χ0n) is 14.8. The van der Waals surface area contributed by atoms with Gasteiger partial charge in [-0.1, -0.05) is 54.6 Å². The van der Waals surface area contributed by atoms with Crippen molar-refractivity contribution in [2.45, 2.75) is 13.0 Å². The maximum absolute atomic E-state index is 12.2. The molecule has 3 aromatic carbocycles. The average molecular weight is 361 g/mol. The standard InChI is InChI=1S/C22H19NO4/c24-21-15-26-20-11-4-3-10-19(20)23(21)13-12-22(25)27-14-17-8-5-7-16-6-1-2-9-18(16)17/h1-11H,12-15H2. The second-order valence-electron chi connectivity index (χ2n) is 6.35. The molecule has 1 aliphatic heterocycles. The molecule has 0 aromatic heterocycles. The maximum Gasteiger partial charge on any atom is 0.307 e. The third-order valence-electron chi connectivity index (χ3n) is 4.62. The van der Waals surface area contributed by atoms with Crippen molar-refractivity contribution >= 4 is 28.3 Å². The first kappa shape index (κ1) is 17.1. The van der Waals surface area contributed by atoms with E-state index in [4.69, 9.17) is 9.47 Å². The Balaban J connectivity index is 1.38. The summed E-state index contributed by atoms with van der Waals surface area (Å²) in [7, 11) is 0. The van der Waals surface area contributed by atoms with E-state index in [0.29, 0.717) is 11.4 Å². The fourth-order valence-corrected chi connectivity index (χ4v) is 3.25. The number of hydrogen-bond donors (Lipinski definition) is 0. The highest BCUT2D eigenvalue weighted by molar-refractivity contribution is 5.98. The van der Waals surface area contributed by atoms with Crippen LogP contribution in [0.2, 0.25) is 0 Å². The van der Waals surface area contributed by atoms with Crippen molar-refractivity contribution in [1.82, 2.24) is 0 Å². The molecule has 3 aromatic rings. The predicted octanol–water partition coefficient (Wildman–Crippen LogP) is 3.70. The summed E-state index contributed by atoms with van der Waals surface area (Å²) in [6.45, 7) is 0.476. The van der Waals surface area contributed by atoms with Crippen LogP contribution in [0.5, 0.6) is 5.75 Å². The number of hydrogen-bond acceptors (Lipinski definition) is 4. The molecule has 0 bridgehead atoms. The largest absolute Gasteiger partial charge is 0.482 e. The van der Waals surface area contributed by atoms with E-state index in [1.165, 1.54) is 0 Å². The summed E-state index contributed by atoms with van der Waals surface area (Å²) in [5.41, 5.74) is 1.66. The third-order valence-corrected chi connectivity index (χ3v) is 4.62. The lowest BCUT2D eigenvalue weighted by atomic mass is 10.1. The highest BCUT2D eigenvalue weighted by Crippen LogP contribution is 2.31. The summed E-state index contributed by atoms with van der Waals surface area (Å²) in [6, 6.07) is 21.3. The van der Waals surface area contributed by atoms with E-state index in [1.54, 1.807) is 4.90 Å². The van der Waals surface area contributed by atoms with Crippen molar-refractivity contribution in [1.29, 1.82) is 0 Å². The first-order chi connectivity index (χ1) is 13.2. The molecule has 0 atom stereocenters. The van der Waals surface area contributed by atoms with Gasteiger partial charge in [0.15, 0.2) is 6.61 Å². The van der Waals surface area contributed by atoms with E-state index in [0.717, 1.165) is 16.3 Å². The van der Waals surface area contributed by atoms with Gasteiger partial charge in [-0.3, -0.25) is 9.59 Å². The highest BCUT2D eigenvalue weighted by atomic mass is 16.5. The number of esters is 1. The van der Waals surface area contributed by atoms with E-state index in [-0.39, 0.29) is 38.1 Å². The Kier molecular flexibility index (Phi) is 4.75. The monoisotopic (exact) mass is 361 g/mol. The number of rotatable bonds is 5. The van der Waals surface area contributed by atoms with Gasteiger partial charge in [0.2, 0.25) is 0 Å². The number of carbonyl (C=O) groups excluding carboxylic acids is 2. The van der Waals surface area contributed by atoms with Crippen LogP contribution >= 0.6 is 0 Å². The number of nitrogens with zero attached hydrogens (tertiary/aromatic N) is 1. The number of amides is 1. The Hall–Kier alpha value is -3.34. The third kappa shape index (κ3) is 3.62. The molecule has 136 valence electrons. The minimum atomic E-state index is -0.334. The first-order valence-corrected chi connectivity index (χ1v) is 8.87. The summed E-state index contributed by atoms with van der Waals surface area (Å²) in [6.07, 6.45) is 0.130.